The monoisotopic (exact) mass is 408 g/mol. The number of para-hydroxylation sites is 1. The summed E-state index contributed by atoms with van der Waals surface area (Å²) in [6.07, 6.45) is 4.37. The van der Waals surface area contributed by atoms with E-state index >= 15 is 0 Å². The Morgan fingerprint density at radius 1 is 0.966 bits per heavy atom. The zero-order chi connectivity index (χ0) is 20.3. The van der Waals surface area contributed by atoms with Crippen molar-refractivity contribution in [3.63, 3.8) is 0 Å². The third-order valence-electron chi connectivity index (χ3n) is 5.19. The fraction of sp³-hybridized carbons (Fsp3) is 0.261. The molecule has 1 aliphatic heterocycles. The molecule has 4 rings (SSSR count). The van der Waals surface area contributed by atoms with Crippen LogP contribution in [0.4, 0.5) is 0 Å². The molecule has 5 nitrogen and oxygen atoms in total. The van der Waals surface area contributed by atoms with E-state index in [2.05, 4.69) is 4.98 Å². The summed E-state index contributed by atoms with van der Waals surface area (Å²) in [5, 5.41) is 0. The molecular weight excluding hydrogens is 384 g/mol. The highest BCUT2D eigenvalue weighted by Crippen LogP contribution is 2.35. The molecule has 150 valence electrons. The highest BCUT2D eigenvalue weighted by molar-refractivity contribution is 7.89. The quantitative estimate of drug-likeness (QED) is 0.589. The van der Waals surface area contributed by atoms with E-state index < -0.39 is 10.0 Å². The minimum atomic E-state index is -3.56. The molecule has 0 saturated carbocycles. The van der Waals surface area contributed by atoms with Gasteiger partial charge >= 0.3 is 0 Å². The molecule has 0 unspecified atom stereocenters. The summed E-state index contributed by atoms with van der Waals surface area (Å²) in [4.78, 5) is 4.75. The second kappa shape index (κ2) is 8.35. The number of nitrogens with zero attached hydrogens (tertiary/aromatic N) is 2. The third kappa shape index (κ3) is 4.33. The normalized spacial score (nSPS) is 17.8. The average Bonchev–Trinajstić information content (AvgIpc) is 2.75. The van der Waals surface area contributed by atoms with Crippen LogP contribution in [0.1, 0.15) is 36.4 Å². The summed E-state index contributed by atoms with van der Waals surface area (Å²) in [7, 11) is -3.56. The van der Waals surface area contributed by atoms with Crippen LogP contribution in [0.2, 0.25) is 0 Å². The van der Waals surface area contributed by atoms with Gasteiger partial charge < -0.3 is 4.74 Å². The molecule has 0 N–H and O–H groups in total. The topological polar surface area (TPSA) is 59.5 Å². The summed E-state index contributed by atoms with van der Waals surface area (Å²) in [6.45, 7) is 2.47. The molecule has 1 aromatic heterocycles. The van der Waals surface area contributed by atoms with E-state index in [1.807, 2.05) is 55.5 Å². The fourth-order valence-corrected chi connectivity index (χ4v) is 5.31. The van der Waals surface area contributed by atoms with Crippen LogP contribution in [0.5, 0.6) is 11.6 Å². The molecule has 2 heterocycles. The zero-order valence-electron chi connectivity index (χ0n) is 16.4. The van der Waals surface area contributed by atoms with Crippen molar-refractivity contribution in [3.8, 4) is 11.6 Å². The van der Waals surface area contributed by atoms with Crippen molar-refractivity contribution < 1.29 is 13.2 Å². The van der Waals surface area contributed by atoms with E-state index in [0.29, 0.717) is 23.1 Å². The van der Waals surface area contributed by atoms with Gasteiger partial charge in [-0.2, -0.15) is 4.31 Å². The number of pyridine rings is 1. The van der Waals surface area contributed by atoms with E-state index in [1.165, 1.54) is 0 Å². The summed E-state index contributed by atoms with van der Waals surface area (Å²) >= 11 is 0. The number of rotatable bonds is 5. The van der Waals surface area contributed by atoms with Crippen LogP contribution >= 0.6 is 0 Å². The maximum atomic E-state index is 13.3. The predicted molar refractivity (Wildman–Crippen MR) is 112 cm³/mol. The maximum Gasteiger partial charge on any atom is 0.243 e. The van der Waals surface area contributed by atoms with E-state index in [9.17, 15) is 8.42 Å². The van der Waals surface area contributed by atoms with E-state index in [0.717, 1.165) is 30.4 Å². The Morgan fingerprint density at radius 2 is 1.72 bits per heavy atom. The molecule has 0 amide bonds. The van der Waals surface area contributed by atoms with Crippen LogP contribution < -0.4 is 4.74 Å². The van der Waals surface area contributed by atoms with Crippen molar-refractivity contribution >= 4 is 10.0 Å². The van der Waals surface area contributed by atoms with Crippen molar-refractivity contribution in [2.24, 2.45) is 0 Å². The van der Waals surface area contributed by atoms with Crippen molar-refractivity contribution in [1.29, 1.82) is 0 Å². The first kappa shape index (κ1) is 19.6. The van der Waals surface area contributed by atoms with Crippen LogP contribution in [-0.2, 0) is 10.0 Å². The Kier molecular flexibility index (Phi) is 5.65. The Morgan fingerprint density at radius 3 is 2.41 bits per heavy atom. The molecule has 0 aliphatic carbocycles. The number of hydrogen-bond acceptors (Lipinski definition) is 4. The lowest BCUT2D eigenvalue weighted by molar-refractivity contribution is 0.255. The molecule has 1 fully saturated rings. The molecule has 0 spiro atoms. The minimum absolute atomic E-state index is 0.215. The van der Waals surface area contributed by atoms with Gasteiger partial charge in [-0.05, 0) is 49.6 Å². The molecule has 6 heteroatoms. The van der Waals surface area contributed by atoms with Gasteiger partial charge in [-0.15, -0.1) is 0 Å². The number of hydrogen-bond donors (Lipinski definition) is 0. The fourth-order valence-electron chi connectivity index (χ4n) is 3.63. The standard InChI is InChI=1S/C23H24N2O3S/c1-18-10-13-21(14-11-18)29(26,27)25-16-6-5-9-22(25)19-12-15-23(24-17-19)28-20-7-3-2-4-8-20/h2-4,7-8,10-15,17,22H,5-6,9,16H2,1H3/t22-/m1/s1. The maximum absolute atomic E-state index is 13.3. The van der Waals surface area contributed by atoms with Crippen LogP contribution in [0.25, 0.3) is 0 Å². The average molecular weight is 409 g/mol. The summed E-state index contributed by atoms with van der Waals surface area (Å²) in [5.74, 6) is 1.21. The highest BCUT2D eigenvalue weighted by Gasteiger charge is 2.34. The Bertz CT molecular complexity index is 1050. The van der Waals surface area contributed by atoms with Gasteiger partial charge in [0.2, 0.25) is 15.9 Å². The van der Waals surface area contributed by atoms with E-state index in [4.69, 9.17) is 4.74 Å². The van der Waals surface area contributed by atoms with Crippen molar-refractivity contribution in [2.45, 2.75) is 37.1 Å². The van der Waals surface area contributed by atoms with Crippen LogP contribution in [0, 0.1) is 6.92 Å². The van der Waals surface area contributed by atoms with Gasteiger partial charge in [-0.3, -0.25) is 0 Å². The van der Waals surface area contributed by atoms with Crippen molar-refractivity contribution in [1.82, 2.24) is 9.29 Å². The lowest BCUT2D eigenvalue weighted by atomic mass is 9.99. The highest BCUT2D eigenvalue weighted by atomic mass is 32.2. The second-order valence-electron chi connectivity index (χ2n) is 7.29. The Hall–Kier alpha value is -2.70. The van der Waals surface area contributed by atoms with Crippen molar-refractivity contribution in [3.05, 3.63) is 84.1 Å². The predicted octanol–water partition coefficient (Wildman–Crippen LogP) is 5.10. The second-order valence-corrected chi connectivity index (χ2v) is 9.18. The molecule has 29 heavy (non-hydrogen) atoms. The first-order valence-corrected chi connectivity index (χ1v) is 11.3. The SMILES string of the molecule is Cc1ccc(S(=O)(=O)N2CCCC[C@@H]2c2ccc(Oc3ccccc3)nc2)cc1. The lowest BCUT2D eigenvalue weighted by Gasteiger charge is -2.34. The number of aromatic nitrogens is 1. The van der Waals surface area contributed by atoms with Gasteiger partial charge in [-0.1, -0.05) is 48.4 Å². The van der Waals surface area contributed by atoms with Gasteiger partial charge in [-0.25, -0.2) is 13.4 Å². The molecule has 0 bridgehead atoms. The summed E-state index contributed by atoms with van der Waals surface area (Å²) in [6, 6.07) is 20.0. The number of benzene rings is 2. The zero-order valence-corrected chi connectivity index (χ0v) is 17.2. The first-order chi connectivity index (χ1) is 14.0. The number of ether oxygens (including phenoxy) is 1. The number of aryl methyl sites for hydroxylation is 1. The Labute approximate surface area is 172 Å². The van der Waals surface area contributed by atoms with Crippen LogP contribution in [-0.4, -0.2) is 24.3 Å². The van der Waals surface area contributed by atoms with Crippen LogP contribution in [0.3, 0.4) is 0 Å². The first-order valence-electron chi connectivity index (χ1n) is 9.81. The molecule has 1 saturated heterocycles. The smallest absolute Gasteiger partial charge is 0.243 e. The Balaban J connectivity index is 1.58. The van der Waals surface area contributed by atoms with Gasteiger partial charge in [0.1, 0.15) is 5.75 Å². The number of sulfonamides is 1. The molecule has 1 aliphatic rings. The summed E-state index contributed by atoms with van der Waals surface area (Å²) in [5.41, 5.74) is 1.93. The third-order valence-corrected chi connectivity index (χ3v) is 7.11. The molecule has 2 aromatic carbocycles. The largest absolute Gasteiger partial charge is 0.439 e. The molecule has 3 aromatic rings. The van der Waals surface area contributed by atoms with Crippen LogP contribution in [0.15, 0.2) is 77.8 Å². The van der Waals surface area contributed by atoms with E-state index in [1.54, 1.807) is 28.7 Å². The molecule has 1 atom stereocenters. The van der Waals surface area contributed by atoms with E-state index in [-0.39, 0.29) is 6.04 Å². The van der Waals surface area contributed by atoms with Crippen molar-refractivity contribution in [2.75, 3.05) is 6.54 Å². The summed E-state index contributed by atoms with van der Waals surface area (Å²) < 4.78 is 33.9. The number of piperidine rings is 1. The molecular formula is C23H24N2O3S. The van der Waals surface area contributed by atoms with Gasteiger partial charge in [0, 0.05) is 18.8 Å². The molecule has 0 radical (unpaired) electrons. The lowest BCUT2D eigenvalue weighted by Crippen LogP contribution is -2.38. The van der Waals surface area contributed by atoms with Gasteiger partial charge in [0.05, 0.1) is 10.9 Å². The van der Waals surface area contributed by atoms with Gasteiger partial charge in [0.15, 0.2) is 0 Å². The van der Waals surface area contributed by atoms with Gasteiger partial charge in [0.25, 0.3) is 0 Å². The minimum Gasteiger partial charge on any atom is -0.439 e.